The van der Waals surface area contributed by atoms with E-state index in [0.29, 0.717) is 18.7 Å². The van der Waals surface area contributed by atoms with Gasteiger partial charge < -0.3 is 10.7 Å². The van der Waals surface area contributed by atoms with Crippen LogP contribution in [0.4, 0.5) is 0 Å². The SMILES string of the molecule is N#CCCNC(=O)C1=NNC2(CCCCC2)C1. The van der Waals surface area contributed by atoms with E-state index in [-0.39, 0.29) is 11.4 Å². The molecule has 0 aromatic rings. The van der Waals surface area contributed by atoms with Gasteiger partial charge in [-0.05, 0) is 12.8 Å². The van der Waals surface area contributed by atoms with E-state index in [1.54, 1.807) is 0 Å². The first-order valence-corrected chi connectivity index (χ1v) is 6.25. The molecule has 1 aliphatic heterocycles. The molecular formula is C12H18N4O. The van der Waals surface area contributed by atoms with E-state index in [4.69, 9.17) is 5.26 Å². The summed E-state index contributed by atoms with van der Waals surface area (Å²) in [6, 6.07) is 2.00. The van der Waals surface area contributed by atoms with Crippen molar-refractivity contribution >= 4 is 11.6 Å². The first kappa shape index (κ1) is 11.9. The van der Waals surface area contributed by atoms with Crippen LogP contribution in [0.25, 0.3) is 0 Å². The van der Waals surface area contributed by atoms with Crippen LogP contribution in [0.2, 0.25) is 0 Å². The zero-order valence-corrected chi connectivity index (χ0v) is 9.96. The molecule has 2 aliphatic rings. The Labute approximate surface area is 101 Å². The predicted molar refractivity (Wildman–Crippen MR) is 64.2 cm³/mol. The largest absolute Gasteiger partial charge is 0.350 e. The van der Waals surface area contributed by atoms with E-state index in [2.05, 4.69) is 15.8 Å². The molecule has 17 heavy (non-hydrogen) atoms. The molecule has 1 spiro atoms. The quantitative estimate of drug-likeness (QED) is 0.717. The molecule has 0 unspecified atom stereocenters. The minimum atomic E-state index is -0.129. The van der Waals surface area contributed by atoms with Gasteiger partial charge in [-0.3, -0.25) is 4.79 Å². The lowest BCUT2D eigenvalue weighted by Crippen LogP contribution is -2.42. The molecule has 1 heterocycles. The number of nitrogens with zero attached hydrogens (tertiary/aromatic N) is 2. The van der Waals surface area contributed by atoms with Crippen LogP contribution in [0, 0.1) is 11.3 Å². The van der Waals surface area contributed by atoms with Gasteiger partial charge >= 0.3 is 0 Å². The zero-order valence-electron chi connectivity index (χ0n) is 9.96. The number of amides is 1. The third-order valence-corrected chi connectivity index (χ3v) is 3.53. The van der Waals surface area contributed by atoms with Crippen LogP contribution in [-0.2, 0) is 4.79 Å². The van der Waals surface area contributed by atoms with E-state index in [9.17, 15) is 4.79 Å². The lowest BCUT2D eigenvalue weighted by Gasteiger charge is -2.32. The molecular weight excluding hydrogens is 216 g/mol. The number of nitrogens with one attached hydrogen (secondary N) is 2. The fourth-order valence-corrected chi connectivity index (χ4v) is 2.57. The number of hydrogen-bond acceptors (Lipinski definition) is 4. The Hall–Kier alpha value is -1.57. The molecule has 1 aliphatic carbocycles. The summed E-state index contributed by atoms with van der Waals surface area (Å²) in [5.41, 5.74) is 3.79. The Morgan fingerprint density at radius 3 is 2.94 bits per heavy atom. The Kier molecular flexibility index (Phi) is 3.62. The summed E-state index contributed by atoms with van der Waals surface area (Å²) in [7, 11) is 0. The molecule has 0 aromatic heterocycles. The minimum absolute atomic E-state index is 0.0418. The Morgan fingerprint density at radius 2 is 2.24 bits per heavy atom. The standard InChI is InChI=1S/C12H18N4O/c13-7-4-8-14-11(17)10-9-12(16-15-10)5-2-1-3-6-12/h16H,1-6,8-9H2,(H,14,17). The number of carbonyl (C=O) groups is 1. The van der Waals surface area contributed by atoms with E-state index in [1.807, 2.05) is 6.07 Å². The van der Waals surface area contributed by atoms with Crippen LogP contribution in [-0.4, -0.2) is 23.7 Å². The Bertz CT molecular complexity index is 363. The van der Waals surface area contributed by atoms with Crippen LogP contribution in [0.1, 0.15) is 44.9 Å². The first-order valence-electron chi connectivity index (χ1n) is 6.25. The van der Waals surface area contributed by atoms with E-state index in [0.717, 1.165) is 19.3 Å². The van der Waals surface area contributed by atoms with Gasteiger partial charge in [0.1, 0.15) is 5.71 Å². The molecule has 92 valence electrons. The molecule has 1 fully saturated rings. The van der Waals surface area contributed by atoms with Crippen LogP contribution >= 0.6 is 0 Å². The van der Waals surface area contributed by atoms with Crippen molar-refractivity contribution in [3.63, 3.8) is 0 Å². The van der Waals surface area contributed by atoms with Gasteiger partial charge in [0.15, 0.2) is 0 Å². The maximum Gasteiger partial charge on any atom is 0.267 e. The number of rotatable bonds is 3. The monoisotopic (exact) mass is 234 g/mol. The van der Waals surface area contributed by atoms with Gasteiger partial charge in [0.25, 0.3) is 5.91 Å². The molecule has 0 atom stereocenters. The third-order valence-electron chi connectivity index (χ3n) is 3.53. The Balaban J connectivity index is 1.84. The van der Waals surface area contributed by atoms with E-state index >= 15 is 0 Å². The predicted octanol–water partition coefficient (Wildman–Crippen LogP) is 1.07. The highest BCUT2D eigenvalue weighted by Gasteiger charge is 2.38. The fraction of sp³-hybridized carbons (Fsp3) is 0.750. The lowest BCUT2D eigenvalue weighted by molar-refractivity contribution is -0.114. The second-order valence-electron chi connectivity index (χ2n) is 4.85. The summed E-state index contributed by atoms with van der Waals surface area (Å²) in [6.07, 6.45) is 6.99. The molecule has 1 amide bonds. The number of carbonyl (C=O) groups excluding carboxylic acids is 1. The molecule has 5 heteroatoms. The summed E-state index contributed by atoms with van der Waals surface area (Å²) >= 11 is 0. The van der Waals surface area contributed by atoms with Crippen molar-refractivity contribution in [2.24, 2.45) is 5.10 Å². The first-order chi connectivity index (χ1) is 8.26. The fourth-order valence-electron chi connectivity index (χ4n) is 2.57. The second kappa shape index (κ2) is 5.17. The van der Waals surface area contributed by atoms with Crippen molar-refractivity contribution in [3.05, 3.63) is 0 Å². The van der Waals surface area contributed by atoms with Crippen LogP contribution in [0.3, 0.4) is 0 Å². The van der Waals surface area contributed by atoms with Crippen molar-refractivity contribution in [1.82, 2.24) is 10.7 Å². The number of hydrogen-bond donors (Lipinski definition) is 2. The molecule has 2 N–H and O–H groups in total. The number of nitriles is 1. The van der Waals surface area contributed by atoms with Crippen molar-refractivity contribution in [2.45, 2.75) is 50.5 Å². The lowest BCUT2D eigenvalue weighted by atomic mass is 9.79. The highest BCUT2D eigenvalue weighted by Crippen LogP contribution is 2.33. The van der Waals surface area contributed by atoms with Gasteiger partial charge in [0.2, 0.25) is 0 Å². The maximum atomic E-state index is 11.8. The van der Waals surface area contributed by atoms with Crippen LogP contribution < -0.4 is 10.7 Å². The van der Waals surface area contributed by atoms with Gasteiger partial charge in [-0.15, -0.1) is 0 Å². The highest BCUT2D eigenvalue weighted by molar-refractivity contribution is 6.39. The van der Waals surface area contributed by atoms with Gasteiger partial charge in [-0.1, -0.05) is 19.3 Å². The average Bonchev–Trinajstić information content (AvgIpc) is 2.74. The molecule has 2 rings (SSSR count). The van der Waals surface area contributed by atoms with Gasteiger partial charge in [-0.2, -0.15) is 10.4 Å². The summed E-state index contributed by atoms with van der Waals surface area (Å²) in [5, 5.41) is 15.3. The summed E-state index contributed by atoms with van der Waals surface area (Å²) in [6.45, 7) is 0.404. The molecule has 0 radical (unpaired) electrons. The Morgan fingerprint density at radius 1 is 1.47 bits per heavy atom. The normalized spacial score (nSPS) is 21.5. The van der Waals surface area contributed by atoms with E-state index in [1.165, 1.54) is 19.3 Å². The smallest absolute Gasteiger partial charge is 0.267 e. The van der Waals surface area contributed by atoms with E-state index < -0.39 is 0 Å². The van der Waals surface area contributed by atoms with Crippen LogP contribution in [0.15, 0.2) is 5.10 Å². The van der Waals surface area contributed by atoms with Gasteiger partial charge in [0, 0.05) is 13.0 Å². The topological polar surface area (TPSA) is 77.3 Å². The second-order valence-corrected chi connectivity index (χ2v) is 4.85. The van der Waals surface area contributed by atoms with Crippen molar-refractivity contribution in [2.75, 3.05) is 6.54 Å². The van der Waals surface area contributed by atoms with Gasteiger partial charge in [-0.25, -0.2) is 0 Å². The van der Waals surface area contributed by atoms with Crippen molar-refractivity contribution in [1.29, 1.82) is 5.26 Å². The summed E-state index contributed by atoms with van der Waals surface area (Å²) in [5.74, 6) is -0.129. The van der Waals surface area contributed by atoms with Crippen molar-refractivity contribution in [3.8, 4) is 6.07 Å². The maximum absolute atomic E-state index is 11.8. The molecule has 1 saturated carbocycles. The van der Waals surface area contributed by atoms with Crippen LogP contribution in [0.5, 0.6) is 0 Å². The van der Waals surface area contributed by atoms with Gasteiger partial charge in [0.05, 0.1) is 18.0 Å². The molecule has 5 nitrogen and oxygen atoms in total. The third kappa shape index (κ3) is 2.76. The average molecular weight is 234 g/mol. The molecule has 0 saturated heterocycles. The summed E-state index contributed by atoms with van der Waals surface area (Å²) < 4.78 is 0. The minimum Gasteiger partial charge on any atom is -0.350 e. The highest BCUT2D eigenvalue weighted by atomic mass is 16.2. The number of hydrazone groups is 1. The molecule has 0 bridgehead atoms. The molecule has 0 aromatic carbocycles. The van der Waals surface area contributed by atoms with Crippen molar-refractivity contribution < 1.29 is 4.79 Å². The summed E-state index contributed by atoms with van der Waals surface area (Å²) in [4.78, 5) is 11.8. The zero-order chi connectivity index (χ0) is 12.1.